The molecule has 2 aromatic rings. The maximum atomic E-state index is 12.8. The van der Waals surface area contributed by atoms with E-state index in [4.69, 9.17) is 0 Å². The van der Waals surface area contributed by atoms with Crippen molar-refractivity contribution in [3.8, 4) is 0 Å². The Labute approximate surface area is 153 Å². The van der Waals surface area contributed by atoms with Crippen LogP contribution in [-0.4, -0.2) is 42.9 Å². The molecular weight excluding hydrogens is 352 g/mol. The van der Waals surface area contributed by atoms with E-state index in [2.05, 4.69) is 15.5 Å². The number of nitrogens with one attached hydrogen (secondary N) is 2. The number of amides is 1. The third-order valence-corrected chi connectivity index (χ3v) is 6.29. The molecular formula is C18H22N4O3S. The van der Waals surface area contributed by atoms with Crippen LogP contribution >= 0.6 is 0 Å². The lowest BCUT2D eigenvalue weighted by molar-refractivity contribution is -0.126. The molecule has 0 bridgehead atoms. The predicted octanol–water partition coefficient (Wildman–Crippen LogP) is 1.87. The minimum atomic E-state index is -3.59. The molecule has 1 aliphatic heterocycles. The van der Waals surface area contributed by atoms with Crippen molar-refractivity contribution in [2.75, 3.05) is 13.1 Å². The Balaban J connectivity index is 1.64. The number of aromatic amines is 1. The fourth-order valence-electron chi connectivity index (χ4n) is 2.92. The summed E-state index contributed by atoms with van der Waals surface area (Å²) in [5.74, 6) is -0.679. The van der Waals surface area contributed by atoms with Gasteiger partial charge in [0.15, 0.2) is 0 Å². The number of H-pyrrole nitrogens is 1. The summed E-state index contributed by atoms with van der Waals surface area (Å²) in [7, 11) is -3.59. The minimum Gasteiger partial charge on any atom is -0.360 e. The molecule has 0 unspecified atom stereocenters. The Morgan fingerprint density at radius 3 is 2.77 bits per heavy atom. The van der Waals surface area contributed by atoms with E-state index in [-0.39, 0.29) is 17.3 Å². The Morgan fingerprint density at radius 1 is 1.31 bits per heavy atom. The number of hydrazone groups is 1. The largest absolute Gasteiger partial charge is 0.360 e. The first-order chi connectivity index (χ1) is 12.5. The zero-order valence-electron chi connectivity index (χ0n) is 14.6. The van der Waals surface area contributed by atoms with E-state index in [1.165, 1.54) is 10.5 Å². The van der Waals surface area contributed by atoms with Gasteiger partial charge in [0.2, 0.25) is 15.9 Å². The molecule has 0 aliphatic carbocycles. The highest BCUT2D eigenvalue weighted by Gasteiger charge is 2.33. The van der Waals surface area contributed by atoms with E-state index in [1.807, 2.05) is 19.1 Å². The quantitative estimate of drug-likeness (QED) is 0.618. The van der Waals surface area contributed by atoms with E-state index in [0.29, 0.717) is 19.4 Å². The lowest BCUT2D eigenvalue weighted by Gasteiger charge is -2.30. The summed E-state index contributed by atoms with van der Waals surface area (Å²) in [6.45, 7) is 2.50. The van der Waals surface area contributed by atoms with Crippen LogP contribution in [0.1, 0.15) is 24.1 Å². The van der Waals surface area contributed by atoms with Crippen molar-refractivity contribution in [1.29, 1.82) is 0 Å². The summed E-state index contributed by atoms with van der Waals surface area (Å²) in [5.41, 5.74) is 4.27. The van der Waals surface area contributed by atoms with Crippen molar-refractivity contribution in [2.24, 2.45) is 11.0 Å². The van der Waals surface area contributed by atoms with Crippen LogP contribution in [0.5, 0.6) is 0 Å². The molecule has 2 N–H and O–H groups in total. The van der Waals surface area contributed by atoms with Crippen LogP contribution in [0.2, 0.25) is 0 Å². The Morgan fingerprint density at radius 2 is 2.08 bits per heavy atom. The van der Waals surface area contributed by atoms with E-state index in [1.54, 1.807) is 30.5 Å². The number of carbonyl (C=O) groups excluding carboxylic acids is 1. The number of hydrogen-bond donors (Lipinski definition) is 2. The molecule has 3 rings (SSSR count). The third kappa shape index (κ3) is 4.20. The van der Waals surface area contributed by atoms with Crippen LogP contribution in [0, 0.1) is 12.8 Å². The van der Waals surface area contributed by atoms with Crippen LogP contribution in [-0.2, 0) is 14.8 Å². The smallest absolute Gasteiger partial charge is 0.244 e. The van der Waals surface area contributed by atoms with Crippen LogP contribution in [0.25, 0.3) is 0 Å². The fourth-order valence-corrected chi connectivity index (χ4v) is 4.44. The van der Waals surface area contributed by atoms with Crippen molar-refractivity contribution < 1.29 is 13.2 Å². The molecule has 1 fully saturated rings. The summed E-state index contributed by atoms with van der Waals surface area (Å²) in [5, 5.41) is 3.92. The van der Waals surface area contributed by atoms with Gasteiger partial charge in [-0.2, -0.15) is 9.41 Å². The topological polar surface area (TPSA) is 94.6 Å². The van der Waals surface area contributed by atoms with Crippen molar-refractivity contribution in [3.63, 3.8) is 0 Å². The normalized spacial score (nSPS) is 18.9. The molecule has 26 heavy (non-hydrogen) atoms. The van der Waals surface area contributed by atoms with Crippen molar-refractivity contribution >= 4 is 22.1 Å². The summed E-state index contributed by atoms with van der Waals surface area (Å²) >= 11 is 0. The zero-order chi connectivity index (χ0) is 18.6. The van der Waals surface area contributed by atoms with Gasteiger partial charge < -0.3 is 4.98 Å². The maximum Gasteiger partial charge on any atom is 0.244 e. The second-order valence-corrected chi connectivity index (χ2v) is 8.31. The first-order valence-electron chi connectivity index (χ1n) is 8.50. The number of aromatic nitrogens is 1. The SMILES string of the molecule is Cc1ccc(S(=O)(=O)N2CCC[C@@H](C(=O)N/N=C/c3ccc[nH]3)C2)cc1. The van der Waals surface area contributed by atoms with Gasteiger partial charge in [-0.1, -0.05) is 17.7 Å². The van der Waals surface area contributed by atoms with E-state index in [0.717, 1.165) is 11.3 Å². The van der Waals surface area contributed by atoms with Crippen LogP contribution in [0.15, 0.2) is 52.6 Å². The van der Waals surface area contributed by atoms with Gasteiger partial charge in [-0.3, -0.25) is 4.79 Å². The molecule has 0 radical (unpaired) electrons. The van der Waals surface area contributed by atoms with Crippen LogP contribution < -0.4 is 5.43 Å². The molecule has 1 aromatic heterocycles. The molecule has 0 saturated carbocycles. The molecule has 8 heteroatoms. The number of benzene rings is 1. The van der Waals surface area contributed by atoms with Gasteiger partial charge in [-0.15, -0.1) is 0 Å². The second kappa shape index (κ2) is 7.84. The summed E-state index contributed by atoms with van der Waals surface area (Å²) < 4.78 is 27.0. The monoisotopic (exact) mass is 374 g/mol. The Kier molecular flexibility index (Phi) is 5.53. The van der Waals surface area contributed by atoms with Gasteiger partial charge in [-0.05, 0) is 44.0 Å². The van der Waals surface area contributed by atoms with Gasteiger partial charge in [0.05, 0.1) is 22.7 Å². The zero-order valence-corrected chi connectivity index (χ0v) is 15.4. The Hall–Kier alpha value is -2.45. The number of nitrogens with zero attached hydrogens (tertiary/aromatic N) is 2. The third-order valence-electron chi connectivity index (χ3n) is 4.41. The number of rotatable bonds is 5. The van der Waals surface area contributed by atoms with Crippen molar-refractivity contribution in [1.82, 2.24) is 14.7 Å². The lowest BCUT2D eigenvalue weighted by Crippen LogP contribution is -2.44. The molecule has 1 aliphatic rings. The van der Waals surface area contributed by atoms with E-state index < -0.39 is 15.9 Å². The standard InChI is InChI=1S/C18H22N4O3S/c1-14-6-8-17(9-7-14)26(24,25)22-11-3-4-15(13-22)18(23)21-20-12-16-5-2-10-19-16/h2,5-10,12,15,19H,3-4,11,13H2,1H3,(H,21,23)/b20-12+/t15-/m1/s1. The van der Waals surface area contributed by atoms with Gasteiger partial charge in [0, 0.05) is 19.3 Å². The maximum absolute atomic E-state index is 12.8. The summed E-state index contributed by atoms with van der Waals surface area (Å²) in [4.78, 5) is 15.5. The van der Waals surface area contributed by atoms with Crippen molar-refractivity contribution in [2.45, 2.75) is 24.7 Å². The van der Waals surface area contributed by atoms with Crippen LogP contribution in [0.3, 0.4) is 0 Å². The Bertz CT molecular complexity index is 874. The van der Waals surface area contributed by atoms with Gasteiger partial charge in [0.1, 0.15) is 0 Å². The van der Waals surface area contributed by atoms with Gasteiger partial charge in [0.25, 0.3) is 0 Å². The highest BCUT2D eigenvalue weighted by atomic mass is 32.2. The number of aryl methyl sites for hydroxylation is 1. The minimum absolute atomic E-state index is 0.167. The number of sulfonamides is 1. The molecule has 138 valence electrons. The summed E-state index contributed by atoms with van der Waals surface area (Å²) in [6.07, 6.45) is 4.56. The molecule has 2 heterocycles. The lowest BCUT2D eigenvalue weighted by atomic mass is 9.99. The van der Waals surface area contributed by atoms with E-state index >= 15 is 0 Å². The average Bonchev–Trinajstić information content (AvgIpc) is 3.15. The molecule has 0 spiro atoms. The number of carbonyl (C=O) groups is 1. The first-order valence-corrected chi connectivity index (χ1v) is 9.94. The molecule has 7 nitrogen and oxygen atoms in total. The molecule has 1 saturated heterocycles. The highest BCUT2D eigenvalue weighted by Crippen LogP contribution is 2.24. The number of piperidine rings is 1. The average molecular weight is 374 g/mol. The van der Waals surface area contributed by atoms with Gasteiger partial charge in [-0.25, -0.2) is 13.8 Å². The first kappa shape index (κ1) is 18.3. The van der Waals surface area contributed by atoms with Gasteiger partial charge >= 0.3 is 0 Å². The summed E-state index contributed by atoms with van der Waals surface area (Å²) in [6, 6.07) is 10.4. The van der Waals surface area contributed by atoms with E-state index in [9.17, 15) is 13.2 Å². The predicted molar refractivity (Wildman–Crippen MR) is 99.2 cm³/mol. The second-order valence-electron chi connectivity index (χ2n) is 6.37. The van der Waals surface area contributed by atoms with Crippen LogP contribution in [0.4, 0.5) is 0 Å². The fraction of sp³-hybridized carbons (Fsp3) is 0.333. The number of hydrogen-bond acceptors (Lipinski definition) is 4. The molecule has 1 amide bonds. The highest BCUT2D eigenvalue weighted by molar-refractivity contribution is 7.89. The molecule has 1 atom stereocenters. The van der Waals surface area contributed by atoms with Crippen molar-refractivity contribution in [3.05, 3.63) is 53.9 Å². The molecule has 1 aromatic carbocycles.